The summed E-state index contributed by atoms with van der Waals surface area (Å²) in [6, 6.07) is 13.3. The van der Waals surface area contributed by atoms with Crippen LogP contribution < -0.4 is 15.4 Å². The van der Waals surface area contributed by atoms with Crippen molar-refractivity contribution in [1.82, 2.24) is 5.32 Å². The van der Waals surface area contributed by atoms with Gasteiger partial charge < -0.3 is 15.4 Å². The SMILES string of the molecule is COc1ccc(C)cc1NC(=O)CNC(=O)Cc1cccc(C)c1. The summed E-state index contributed by atoms with van der Waals surface area (Å²) < 4.78 is 5.21. The van der Waals surface area contributed by atoms with E-state index in [2.05, 4.69) is 10.6 Å². The van der Waals surface area contributed by atoms with Crippen LogP contribution in [0.1, 0.15) is 16.7 Å². The van der Waals surface area contributed by atoms with E-state index in [0.29, 0.717) is 11.4 Å². The lowest BCUT2D eigenvalue weighted by Crippen LogP contribution is -2.33. The van der Waals surface area contributed by atoms with Gasteiger partial charge in [-0.1, -0.05) is 35.9 Å². The van der Waals surface area contributed by atoms with Gasteiger partial charge >= 0.3 is 0 Å². The molecule has 2 aromatic rings. The van der Waals surface area contributed by atoms with Crippen LogP contribution in [0.2, 0.25) is 0 Å². The van der Waals surface area contributed by atoms with Gasteiger partial charge in [0.25, 0.3) is 0 Å². The molecule has 0 saturated carbocycles. The van der Waals surface area contributed by atoms with Gasteiger partial charge in [0.1, 0.15) is 5.75 Å². The van der Waals surface area contributed by atoms with Crippen LogP contribution in [-0.4, -0.2) is 25.5 Å². The first-order chi connectivity index (χ1) is 11.5. The van der Waals surface area contributed by atoms with Crippen LogP contribution in [0, 0.1) is 13.8 Å². The first-order valence-electron chi connectivity index (χ1n) is 7.74. The molecule has 0 bridgehead atoms. The third-order valence-electron chi connectivity index (χ3n) is 3.52. The van der Waals surface area contributed by atoms with Crippen molar-refractivity contribution in [2.45, 2.75) is 20.3 Å². The summed E-state index contributed by atoms with van der Waals surface area (Å²) in [5, 5.41) is 5.38. The molecule has 5 nitrogen and oxygen atoms in total. The second-order valence-electron chi connectivity index (χ2n) is 5.69. The number of ether oxygens (including phenoxy) is 1. The third-order valence-corrected chi connectivity index (χ3v) is 3.52. The van der Waals surface area contributed by atoms with E-state index in [-0.39, 0.29) is 24.8 Å². The highest BCUT2D eigenvalue weighted by Gasteiger charge is 2.10. The Morgan fingerprint density at radius 2 is 1.75 bits per heavy atom. The number of amides is 2. The van der Waals surface area contributed by atoms with E-state index in [0.717, 1.165) is 16.7 Å². The molecule has 0 aliphatic heterocycles. The van der Waals surface area contributed by atoms with Crippen molar-refractivity contribution in [2.75, 3.05) is 19.0 Å². The average Bonchev–Trinajstić information content (AvgIpc) is 2.53. The molecular weight excluding hydrogens is 304 g/mol. The summed E-state index contributed by atoms with van der Waals surface area (Å²) in [5.41, 5.74) is 3.63. The van der Waals surface area contributed by atoms with E-state index in [4.69, 9.17) is 4.74 Å². The van der Waals surface area contributed by atoms with Crippen molar-refractivity contribution in [2.24, 2.45) is 0 Å². The smallest absolute Gasteiger partial charge is 0.243 e. The van der Waals surface area contributed by atoms with Gasteiger partial charge in [-0.25, -0.2) is 0 Å². The Balaban J connectivity index is 1.87. The predicted molar refractivity (Wildman–Crippen MR) is 94.3 cm³/mol. The first kappa shape index (κ1) is 17.5. The van der Waals surface area contributed by atoms with E-state index < -0.39 is 0 Å². The molecule has 0 atom stereocenters. The Kier molecular flexibility index (Phi) is 5.95. The second-order valence-corrected chi connectivity index (χ2v) is 5.69. The average molecular weight is 326 g/mol. The second kappa shape index (κ2) is 8.15. The third kappa shape index (κ3) is 5.12. The van der Waals surface area contributed by atoms with E-state index in [1.165, 1.54) is 0 Å². The summed E-state index contributed by atoms with van der Waals surface area (Å²) in [6.45, 7) is 3.82. The lowest BCUT2D eigenvalue weighted by atomic mass is 10.1. The van der Waals surface area contributed by atoms with Crippen LogP contribution >= 0.6 is 0 Å². The molecule has 24 heavy (non-hydrogen) atoms. The Bertz CT molecular complexity index is 741. The zero-order valence-corrected chi connectivity index (χ0v) is 14.2. The Morgan fingerprint density at radius 1 is 1.00 bits per heavy atom. The number of rotatable bonds is 6. The maximum atomic E-state index is 12.0. The fraction of sp³-hybridized carbons (Fsp3) is 0.263. The molecule has 2 aromatic carbocycles. The molecule has 126 valence electrons. The summed E-state index contributed by atoms with van der Waals surface area (Å²) in [5.74, 6) is 0.100. The van der Waals surface area contributed by atoms with Crippen LogP contribution in [0.4, 0.5) is 5.69 Å². The minimum absolute atomic E-state index is 0.0816. The molecule has 0 saturated heterocycles. The van der Waals surface area contributed by atoms with Gasteiger partial charge in [-0.3, -0.25) is 9.59 Å². The first-order valence-corrected chi connectivity index (χ1v) is 7.74. The summed E-state index contributed by atoms with van der Waals surface area (Å²) in [6.07, 6.45) is 0.253. The molecule has 0 fully saturated rings. The Morgan fingerprint density at radius 3 is 2.46 bits per heavy atom. The van der Waals surface area contributed by atoms with Crippen molar-refractivity contribution >= 4 is 17.5 Å². The predicted octanol–water partition coefficient (Wildman–Crippen LogP) is 2.61. The summed E-state index contributed by atoms with van der Waals surface area (Å²) >= 11 is 0. The molecular formula is C19H22N2O3. The number of methoxy groups -OCH3 is 1. The Labute approximate surface area is 142 Å². The number of hydrogen-bond donors (Lipinski definition) is 2. The van der Waals surface area contributed by atoms with Crippen molar-refractivity contribution in [1.29, 1.82) is 0 Å². The topological polar surface area (TPSA) is 67.4 Å². The molecule has 2 N–H and O–H groups in total. The maximum Gasteiger partial charge on any atom is 0.243 e. The Hall–Kier alpha value is -2.82. The van der Waals surface area contributed by atoms with E-state index >= 15 is 0 Å². The van der Waals surface area contributed by atoms with E-state index in [9.17, 15) is 9.59 Å². The number of carbonyl (C=O) groups excluding carboxylic acids is 2. The van der Waals surface area contributed by atoms with Gasteiger partial charge in [-0.2, -0.15) is 0 Å². The number of nitrogens with one attached hydrogen (secondary N) is 2. The maximum absolute atomic E-state index is 12.0. The number of anilines is 1. The van der Waals surface area contributed by atoms with Crippen molar-refractivity contribution in [3.8, 4) is 5.75 Å². The van der Waals surface area contributed by atoms with Crippen LogP contribution in [0.3, 0.4) is 0 Å². The number of carbonyl (C=O) groups is 2. The standard InChI is InChI=1S/C19H22N2O3/c1-13-5-4-6-15(9-13)11-18(22)20-12-19(23)21-16-10-14(2)7-8-17(16)24-3/h4-10H,11-12H2,1-3H3,(H,20,22)(H,21,23). The molecule has 2 rings (SSSR count). The quantitative estimate of drug-likeness (QED) is 0.857. The number of benzene rings is 2. The minimum Gasteiger partial charge on any atom is -0.495 e. The van der Waals surface area contributed by atoms with Gasteiger partial charge in [0.05, 0.1) is 25.8 Å². The van der Waals surface area contributed by atoms with Crippen LogP contribution in [0.25, 0.3) is 0 Å². The van der Waals surface area contributed by atoms with Crippen LogP contribution in [-0.2, 0) is 16.0 Å². The highest BCUT2D eigenvalue weighted by Crippen LogP contribution is 2.24. The number of aryl methyl sites for hydroxylation is 2. The zero-order valence-electron chi connectivity index (χ0n) is 14.2. The normalized spacial score (nSPS) is 10.1. The summed E-state index contributed by atoms with van der Waals surface area (Å²) in [7, 11) is 1.55. The monoisotopic (exact) mass is 326 g/mol. The molecule has 5 heteroatoms. The van der Waals surface area contributed by atoms with Crippen molar-refractivity contribution in [3.63, 3.8) is 0 Å². The molecule has 0 aromatic heterocycles. The van der Waals surface area contributed by atoms with Gasteiger partial charge in [-0.15, -0.1) is 0 Å². The van der Waals surface area contributed by atoms with E-state index in [1.807, 2.05) is 50.2 Å². The zero-order chi connectivity index (χ0) is 17.5. The van der Waals surface area contributed by atoms with Gasteiger partial charge in [0.15, 0.2) is 0 Å². The van der Waals surface area contributed by atoms with Gasteiger partial charge in [-0.05, 0) is 37.1 Å². The highest BCUT2D eigenvalue weighted by atomic mass is 16.5. The minimum atomic E-state index is -0.295. The largest absolute Gasteiger partial charge is 0.495 e. The van der Waals surface area contributed by atoms with Crippen molar-refractivity contribution in [3.05, 3.63) is 59.2 Å². The number of hydrogen-bond acceptors (Lipinski definition) is 3. The molecule has 2 amide bonds. The fourth-order valence-electron chi connectivity index (χ4n) is 2.36. The van der Waals surface area contributed by atoms with Gasteiger partial charge in [0, 0.05) is 0 Å². The molecule has 0 radical (unpaired) electrons. The fourth-order valence-corrected chi connectivity index (χ4v) is 2.36. The molecule has 0 aliphatic carbocycles. The van der Waals surface area contributed by atoms with Gasteiger partial charge in [0.2, 0.25) is 11.8 Å². The lowest BCUT2D eigenvalue weighted by Gasteiger charge is -2.11. The molecule has 0 heterocycles. The van der Waals surface area contributed by atoms with Crippen LogP contribution in [0.15, 0.2) is 42.5 Å². The van der Waals surface area contributed by atoms with E-state index in [1.54, 1.807) is 13.2 Å². The molecule has 0 unspecified atom stereocenters. The lowest BCUT2D eigenvalue weighted by molar-refractivity contribution is -0.123. The molecule has 0 aliphatic rings. The molecule has 0 spiro atoms. The summed E-state index contributed by atoms with van der Waals surface area (Å²) in [4.78, 5) is 24.0. The highest BCUT2D eigenvalue weighted by molar-refractivity contribution is 5.96. The van der Waals surface area contributed by atoms with Crippen molar-refractivity contribution < 1.29 is 14.3 Å². The van der Waals surface area contributed by atoms with Crippen LogP contribution in [0.5, 0.6) is 5.75 Å².